The Morgan fingerprint density at radius 2 is 1.71 bits per heavy atom. The van der Waals surface area contributed by atoms with E-state index in [9.17, 15) is 17.6 Å². The molecule has 0 amide bonds. The monoisotopic (exact) mass is 249 g/mol. The van der Waals surface area contributed by atoms with Gasteiger partial charge in [0.05, 0.1) is 5.56 Å². The number of hydrogen-bond donors (Lipinski definition) is 1. The average molecular weight is 249 g/mol. The van der Waals surface area contributed by atoms with Gasteiger partial charge >= 0.3 is 6.18 Å². The number of nitrogens with one attached hydrogen (secondary N) is 1. The van der Waals surface area contributed by atoms with Crippen molar-refractivity contribution in [2.75, 3.05) is 5.32 Å². The lowest BCUT2D eigenvalue weighted by molar-refractivity contribution is -0.139. The second-order valence-electron chi connectivity index (χ2n) is 4.37. The van der Waals surface area contributed by atoms with Crippen molar-refractivity contribution in [1.29, 1.82) is 0 Å². The van der Waals surface area contributed by atoms with Crippen LogP contribution in [0.1, 0.15) is 26.3 Å². The Hall–Kier alpha value is -1.26. The first kappa shape index (κ1) is 13.8. The van der Waals surface area contributed by atoms with Crippen LogP contribution in [-0.4, -0.2) is 6.04 Å². The minimum Gasteiger partial charge on any atom is -0.382 e. The molecule has 1 nitrogen and oxygen atoms in total. The van der Waals surface area contributed by atoms with Crippen LogP contribution in [-0.2, 0) is 6.18 Å². The third kappa shape index (κ3) is 3.61. The molecule has 1 rings (SSSR count). The van der Waals surface area contributed by atoms with E-state index in [-0.39, 0.29) is 17.6 Å². The molecular weight excluding hydrogens is 234 g/mol. The summed E-state index contributed by atoms with van der Waals surface area (Å²) in [6.45, 7) is 5.76. The molecule has 0 bridgehead atoms. The van der Waals surface area contributed by atoms with Crippen LogP contribution < -0.4 is 5.32 Å². The predicted molar refractivity (Wildman–Crippen MR) is 59.3 cm³/mol. The Kier molecular flexibility index (Phi) is 4.01. The highest BCUT2D eigenvalue weighted by Gasteiger charge is 2.34. The zero-order chi connectivity index (χ0) is 13.2. The molecule has 0 aliphatic rings. The number of hydrogen-bond acceptors (Lipinski definition) is 1. The number of anilines is 1. The van der Waals surface area contributed by atoms with Gasteiger partial charge in [-0.15, -0.1) is 0 Å². The first-order valence-corrected chi connectivity index (χ1v) is 5.35. The summed E-state index contributed by atoms with van der Waals surface area (Å²) in [5.74, 6) is -0.977. The molecule has 0 aliphatic heterocycles. The van der Waals surface area contributed by atoms with Gasteiger partial charge in [-0.25, -0.2) is 4.39 Å². The number of alkyl halides is 3. The Morgan fingerprint density at radius 1 is 1.12 bits per heavy atom. The van der Waals surface area contributed by atoms with Gasteiger partial charge in [-0.3, -0.25) is 0 Å². The van der Waals surface area contributed by atoms with Crippen molar-refractivity contribution in [3.63, 3.8) is 0 Å². The van der Waals surface area contributed by atoms with E-state index in [2.05, 4.69) is 5.32 Å². The van der Waals surface area contributed by atoms with E-state index in [0.717, 1.165) is 12.1 Å². The Labute approximate surface area is 97.8 Å². The van der Waals surface area contributed by atoms with Crippen molar-refractivity contribution >= 4 is 5.69 Å². The van der Waals surface area contributed by atoms with Gasteiger partial charge in [0, 0.05) is 11.7 Å². The van der Waals surface area contributed by atoms with E-state index < -0.39 is 17.6 Å². The molecule has 5 heteroatoms. The summed E-state index contributed by atoms with van der Waals surface area (Å²) in [5, 5.41) is 2.91. The van der Waals surface area contributed by atoms with Crippen molar-refractivity contribution in [3.05, 3.63) is 29.6 Å². The first-order chi connectivity index (χ1) is 7.71. The molecule has 0 aromatic heterocycles. The van der Waals surface area contributed by atoms with Gasteiger partial charge in [-0.2, -0.15) is 13.2 Å². The van der Waals surface area contributed by atoms with Crippen LogP contribution in [0.4, 0.5) is 23.2 Å². The van der Waals surface area contributed by atoms with Crippen LogP contribution in [0.15, 0.2) is 18.2 Å². The van der Waals surface area contributed by atoms with Crippen LogP contribution in [0.2, 0.25) is 0 Å². The fourth-order valence-electron chi connectivity index (χ4n) is 1.26. The summed E-state index contributed by atoms with van der Waals surface area (Å²) in [6.07, 6.45) is -4.66. The zero-order valence-corrected chi connectivity index (χ0v) is 9.90. The SMILES string of the molecule is CC(C)C(C)Nc1ccc(F)c(C(F)(F)F)c1. The minimum absolute atomic E-state index is 0.0153. The molecule has 1 N–H and O–H groups in total. The minimum atomic E-state index is -4.66. The van der Waals surface area contributed by atoms with Crippen molar-refractivity contribution < 1.29 is 17.6 Å². The van der Waals surface area contributed by atoms with Crippen LogP contribution in [0.5, 0.6) is 0 Å². The van der Waals surface area contributed by atoms with E-state index in [4.69, 9.17) is 0 Å². The fraction of sp³-hybridized carbons (Fsp3) is 0.500. The molecule has 0 saturated carbocycles. The second kappa shape index (κ2) is 4.94. The van der Waals surface area contributed by atoms with Gasteiger partial charge in [0.2, 0.25) is 0 Å². The molecule has 0 radical (unpaired) electrons. The maximum absolute atomic E-state index is 13.0. The normalized spacial score (nSPS) is 13.9. The van der Waals surface area contributed by atoms with Crippen LogP contribution in [0.25, 0.3) is 0 Å². The van der Waals surface area contributed by atoms with E-state index in [1.54, 1.807) is 0 Å². The van der Waals surface area contributed by atoms with Crippen molar-refractivity contribution in [1.82, 2.24) is 0 Å². The van der Waals surface area contributed by atoms with E-state index in [0.29, 0.717) is 0 Å². The first-order valence-electron chi connectivity index (χ1n) is 5.35. The smallest absolute Gasteiger partial charge is 0.382 e. The molecule has 0 saturated heterocycles. The topological polar surface area (TPSA) is 12.0 Å². The molecule has 0 fully saturated rings. The summed E-state index contributed by atoms with van der Waals surface area (Å²) in [5.41, 5.74) is -0.960. The third-order valence-electron chi connectivity index (χ3n) is 2.67. The molecule has 1 atom stereocenters. The van der Waals surface area contributed by atoms with Gasteiger partial charge in [0.1, 0.15) is 5.82 Å². The summed E-state index contributed by atoms with van der Waals surface area (Å²) in [7, 11) is 0. The maximum atomic E-state index is 13.0. The van der Waals surface area contributed by atoms with E-state index in [1.165, 1.54) is 6.07 Å². The summed E-state index contributed by atoms with van der Waals surface area (Å²) < 4.78 is 50.4. The molecule has 0 heterocycles. The van der Waals surface area contributed by atoms with E-state index >= 15 is 0 Å². The van der Waals surface area contributed by atoms with Crippen molar-refractivity contribution in [2.45, 2.75) is 33.0 Å². The lowest BCUT2D eigenvalue weighted by Gasteiger charge is -2.19. The van der Waals surface area contributed by atoms with E-state index in [1.807, 2.05) is 20.8 Å². The largest absolute Gasteiger partial charge is 0.419 e. The second-order valence-corrected chi connectivity index (χ2v) is 4.37. The van der Waals surface area contributed by atoms with Gasteiger partial charge in [0.25, 0.3) is 0 Å². The number of benzene rings is 1. The summed E-state index contributed by atoms with van der Waals surface area (Å²) in [4.78, 5) is 0. The third-order valence-corrected chi connectivity index (χ3v) is 2.67. The van der Waals surface area contributed by atoms with Gasteiger partial charge < -0.3 is 5.32 Å². The highest BCUT2D eigenvalue weighted by atomic mass is 19.4. The number of rotatable bonds is 3. The molecule has 0 aliphatic carbocycles. The highest BCUT2D eigenvalue weighted by Crippen LogP contribution is 2.33. The Balaban J connectivity index is 2.97. The van der Waals surface area contributed by atoms with Crippen LogP contribution in [0, 0.1) is 11.7 Å². The highest BCUT2D eigenvalue weighted by molar-refractivity contribution is 5.47. The standard InChI is InChI=1S/C12H15F4N/c1-7(2)8(3)17-9-4-5-11(13)10(6-9)12(14,15)16/h4-8,17H,1-3H3. The van der Waals surface area contributed by atoms with Gasteiger partial charge in [0.15, 0.2) is 0 Å². The van der Waals surface area contributed by atoms with Crippen molar-refractivity contribution in [2.24, 2.45) is 5.92 Å². The van der Waals surface area contributed by atoms with Crippen LogP contribution in [0.3, 0.4) is 0 Å². The van der Waals surface area contributed by atoms with Crippen molar-refractivity contribution in [3.8, 4) is 0 Å². The molecule has 1 aromatic rings. The predicted octanol–water partition coefficient (Wildman–Crippen LogP) is 4.30. The molecule has 0 spiro atoms. The zero-order valence-electron chi connectivity index (χ0n) is 9.90. The maximum Gasteiger partial charge on any atom is 0.419 e. The number of halogens is 4. The Morgan fingerprint density at radius 3 is 2.18 bits per heavy atom. The summed E-state index contributed by atoms with van der Waals surface area (Å²) >= 11 is 0. The lowest BCUT2D eigenvalue weighted by Crippen LogP contribution is -2.22. The van der Waals surface area contributed by atoms with Gasteiger partial charge in [-0.1, -0.05) is 13.8 Å². The molecule has 17 heavy (non-hydrogen) atoms. The van der Waals surface area contributed by atoms with Gasteiger partial charge in [-0.05, 0) is 31.0 Å². The molecular formula is C12H15F4N. The molecule has 1 unspecified atom stereocenters. The Bertz CT molecular complexity index is 385. The molecule has 96 valence electrons. The lowest BCUT2D eigenvalue weighted by atomic mass is 10.1. The average Bonchev–Trinajstić information content (AvgIpc) is 2.19. The fourth-order valence-corrected chi connectivity index (χ4v) is 1.26. The summed E-state index contributed by atoms with van der Waals surface area (Å²) in [6, 6.07) is 2.96. The molecule has 1 aromatic carbocycles. The van der Waals surface area contributed by atoms with Crippen LogP contribution >= 0.6 is 0 Å². The quantitative estimate of drug-likeness (QED) is 0.787.